The second-order valence-electron chi connectivity index (χ2n) is 2.95. The molecular formula is C7H16N2O4S. The summed E-state index contributed by atoms with van der Waals surface area (Å²) in [5.74, 6) is -1.33. The molecule has 0 rings (SSSR count). The molecule has 0 heterocycles. The van der Waals surface area contributed by atoms with Crippen LogP contribution in [0.2, 0.25) is 0 Å². The summed E-state index contributed by atoms with van der Waals surface area (Å²) in [5.41, 5.74) is 0. The third-order valence-electron chi connectivity index (χ3n) is 1.91. The van der Waals surface area contributed by atoms with Crippen molar-refractivity contribution < 1.29 is 18.3 Å². The van der Waals surface area contributed by atoms with Crippen LogP contribution >= 0.6 is 0 Å². The third-order valence-corrected chi connectivity index (χ3v) is 4.05. The van der Waals surface area contributed by atoms with E-state index in [1.54, 1.807) is 7.05 Å². The highest BCUT2D eigenvalue weighted by atomic mass is 32.2. The van der Waals surface area contributed by atoms with Crippen LogP contribution in [0.3, 0.4) is 0 Å². The van der Waals surface area contributed by atoms with Gasteiger partial charge in [-0.1, -0.05) is 0 Å². The van der Waals surface area contributed by atoms with Gasteiger partial charge in [-0.05, 0) is 14.0 Å². The Kier molecular flexibility index (Phi) is 5.03. The van der Waals surface area contributed by atoms with Gasteiger partial charge in [0.15, 0.2) is 5.25 Å². The molecule has 2 N–H and O–H groups in total. The van der Waals surface area contributed by atoms with E-state index in [4.69, 9.17) is 5.11 Å². The summed E-state index contributed by atoms with van der Waals surface area (Å²) < 4.78 is 24.0. The normalized spacial score (nSPS) is 14.3. The maximum atomic E-state index is 11.5. The minimum Gasteiger partial charge on any atom is -0.480 e. The molecule has 84 valence electrons. The maximum absolute atomic E-state index is 11.5. The summed E-state index contributed by atoms with van der Waals surface area (Å²) in [4.78, 5) is 10.5. The Balaban J connectivity index is 4.53. The molecular weight excluding hydrogens is 208 g/mol. The fraction of sp³-hybridized carbons (Fsp3) is 0.857. The number of nitrogens with zero attached hydrogens (tertiary/aromatic N) is 1. The quantitative estimate of drug-likeness (QED) is 0.600. The second kappa shape index (κ2) is 5.28. The van der Waals surface area contributed by atoms with Crippen molar-refractivity contribution in [3.63, 3.8) is 0 Å². The van der Waals surface area contributed by atoms with E-state index in [1.807, 2.05) is 0 Å². The fourth-order valence-electron chi connectivity index (χ4n) is 0.794. The van der Waals surface area contributed by atoms with Crippen LogP contribution in [-0.4, -0.2) is 56.2 Å². The molecule has 0 amide bonds. The van der Waals surface area contributed by atoms with Crippen LogP contribution in [0.5, 0.6) is 0 Å². The van der Waals surface area contributed by atoms with Gasteiger partial charge in [-0.15, -0.1) is 0 Å². The first-order valence-electron chi connectivity index (χ1n) is 4.16. The number of sulfonamides is 1. The van der Waals surface area contributed by atoms with Gasteiger partial charge < -0.3 is 10.4 Å². The maximum Gasteiger partial charge on any atom is 0.323 e. The summed E-state index contributed by atoms with van der Waals surface area (Å²) in [6.45, 7) is 1.91. The standard InChI is InChI=1S/C7H16N2O4S/c1-6(7(10)11)14(12,13)9(3)5-4-8-2/h6,8H,4-5H2,1-3H3,(H,10,11). The smallest absolute Gasteiger partial charge is 0.323 e. The van der Waals surface area contributed by atoms with Crippen LogP contribution < -0.4 is 5.32 Å². The third kappa shape index (κ3) is 3.24. The number of hydrogen-bond acceptors (Lipinski definition) is 4. The van der Waals surface area contributed by atoms with E-state index in [0.717, 1.165) is 11.2 Å². The van der Waals surface area contributed by atoms with Crippen LogP contribution in [0, 0.1) is 0 Å². The van der Waals surface area contributed by atoms with E-state index in [1.165, 1.54) is 7.05 Å². The highest BCUT2D eigenvalue weighted by molar-refractivity contribution is 7.90. The predicted molar refractivity (Wildman–Crippen MR) is 52.6 cm³/mol. The van der Waals surface area contributed by atoms with Crippen molar-refractivity contribution in [1.82, 2.24) is 9.62 Å². The van der Waals surface area contributed by atoms with E-state index in [9.17, 15) is 13.2 Å². The molecule has 0 aliphatic carbocycles. The second-order valence-corrected chi connectivity index (χ2v) is 5.31. The van der Waals surface area contributed by atoms with Crippen molar-refractivity contribution in [3.8, 4) is 0 Å². The van der Waals surface area contributed by atoms with E-state index in [-0.39, 0.29) is 6.54 Å². The minimum atomic E-state index is -3.72. The van der Waals surface area contributed by atoms with Crippen molar-refractivity contribution in [3.05, 3.63) is 0 Å². The van der Waals surface area contributed by atoms with E-state index in [0.29, 0.717) is 6.54 Å². The van der Waals surface area contributed by atoms with Gasteiger partial charge in [0, 0.05) is 20.1 Å². The number of hydrogen-bond donors (Lipinski definition) is 2. The van der Waals surface area contributed by atoms with Gasteiger partial charge >= 0.3 is 5.97 Å². The Morgan fingerprint density at radius 2 is 2.07 bits per heavy atom. The molecule has 6 nitrogen and oxygen atoms in total. The lowest BCUT2D eigenvalue weighted by atomic mass is 10.5. The van der Waals surface area contributed by atoms with Gasteiger partial charge in [-0.2, -0.15) is 0 Å². The zero-order chi connectivity index (χ0) is 11.4. The number of carboxylic acid groups (broad SMARTS) is 1. The highest BCUT2D eigenvalue weighted by Crippen LogP contribution is 2.06. The largest absolute Gasteiger partial charge is 0.480 e. The summed E-state index contributed by atoms with van der Waals surface area (Å²) in [5, 5.41) is 9.96. The lowest BCUT2D eigenvalue weighted by Gasteiger charge is -2.19. The van der Waals surface area contributed by atoms with Gasteiger partial charge in [0.05, 0.1) is 0 Å². The molecule has 1 unspecified atom stereocenters. The van der Waals surface area contributed by atoms with Crippen molar-refractivity contribution >= 4 is 16.0 Å². The van der Waals surface area contributed by atoms with Crippen LogP contribution in [-0.2, 0) is 14.8 Å². The first kappa shape index (κ1) is 13.3. The minimum absolute atomic E-state index is 0.260. The van der Waals surface area contributed by atoms with E-state index < -0.39 is 21.2 Å². The van der Waals surface area contributed by atoms with Gasteiger partial charge in [-0.3, -0.25) is 4.79 Å². The molecule has 0 aromatic rings. The molecule has 0 radical (unpaired) electrons. The predicted octanol–water partition coefficient (Wildman–Crippen LogP) is -1.06. The molecule has 0 aromatic carbocycles. The molecule has 0 aliphatic heterocycles. The summed E-state index contributed by atoms with van der Waals surface area (Å²) in [6, 6.07) is 0. The van der Waals surface area contributed by atoms with Crippen molar-refractivity contribution in [2.24, 2.45) is 0 Å². The van der Waals surface area contributed by atoms with E-state index >= 15 is 0 Å². The van der Waals surface area contributed by atoms with Gasteiger partial charge in [0.1, 0.15) is 0 Å². The number of nitrogens with one attached hydrogen (secondary N) is 1. The number of carbonyl (C=O) groups is 1. The van der Waals surface area contributed by atoms with E-state index in [2.05, 4.69) is 5.32 Å². The Labute approximate surface area is 84.0 Å². The van der Waals surface area contributed by atoms with Crippen LogP contribution in [0.4, 0.5) is 0 Å². The van der Waals surface area contributed by atoms with Crippen molar-refractivity contribution in [2.45, 2.75) is 12.2 Å². The average molecular weight is 224 g/mol. The Bertz CT molecular complexity index is 288. The van der Waals surface area contributed by atoms with Crippen LogP contribution in [0.1, 0.15) is 6.92 Å². The first-order chi connectivity index (χ1) is 6.34. The number of carboxylic acids is 1. The number of aliphatic carboxylic acids is 1. The Morgan fingerprint density at radius 1 is 1.57 bits per heavy atom. The molecule has 0 spiro atoms. The lowest BCUT2D eigenvalue weighted by Crippen LogP contribution is -2.41. The Morgan fingerprint density at radius 3 is 2.43 bits per heavy atom. The topological polar surface area (TPSA) is 86.7 Å². The molecule has 0 fully saturated rings. The molecule has 0 aromatic heterocycles. The van der Waals surface area contributed by atoms with Crippen LogP contribution in [0.25, 0.3) is 0 Å². The molecule has 14 heavy (non-hydrogen) atoms. The molecule has 7 heteroatoms. The van der Waals surface area contributed by atoms with Crippen molar-refractivity contribution in [2.75, 3.05) is 27.2 Å². The summed E-state index contributed by atoms with van der Waals surface area (Å²) >= 11 is 0. The lowest BCUT2D eigenvalue weighted by molar-refractivity contribution is -0.136. The molecule has 1 atom stereocenters. The van der Waals surface area contributed by atoms with Crippen LogP contribution in [0.15, 0.2) is 0 Å². The fourth-order valence-corrected chi connectivity index (χ4v) is 1.93. The zero-order valence-electron chi connectivity index (χ0n) is 8.52. The monoisotopic (exact) mass is 224 g/mol. The average Bonchev–Trinajstić information content (AvgIpc) is 2.12. The molecule has 0 saturated carbocycles. The zero-order valence-corrected chi connectivity index (χ0v) is 9.34. The van der Waals surface area contributed by atoms with Gasteiger partial charge in [0.25, 0.3) is 0 Å². The first-order valence-corrected chi connectivity index (χ1v) is 5.67. The highest BCUT2D eigenvalue weighted by Gasteiger charge is 2.31. The summed E-state index contributed by atoms with van der Waals surface area (Å²) in [6.07, 6.45) is 0. The number of likely N-dealkylation sites (N-methyl/N-ethyl adjacent to an activating group) is 2. The summed E-state index contributed by atoms with van der Waals surface area (Å²) in [7, 11) is -0.654. The van der Waals surface area contributed by atoms with Crippen molar-refractivity contribution in [1.29, 1.82) is 0 Å². The SMILES string of the molecule is CNCCN(C)S(=O)(=O)C(C)C(=O)O. The molecule has 0 aliphatic rings. The van der Waals surface area contributed by atoms with Gasteiger partial charge in [-0.25, -0.2) is 12.7 Å². The molecule has 0 saturated heterocycles. The molecule has 0 bridgehead atoms. The Hall–Kier alpha value is -0.660. The number of rotatable bonds is 6. The van der Waals surface area contributed by atoms with Gasteiger partial charge in [0.2, 0.25) is 10.0 Å².